The van der Waals surface area contributed by atoms with Crippen molar-refractivity contribution in [2.75, 3.05) is 30.9 Å². The van der Waals surface area contributed by atoms with E-state index in [2.05, 4.69) is 57.9 Å². The maximum atomic E-state index is 11.9. The minimum absolute atomic E-state index is 0.0896. The van der Waals surface area contributed by atoms with Gasteiger partial charge in [0.2, 0.25) is 10.0 Å². The molecule has 1 saturated carbocycles. The molecule has 1 unspecified atom stereocenters. The van der Waals surface area contributed by atoms with Gasteiger partial charge in [-0.1, -0.05) is 36.4 Å². The number of anilines is 1. The molecule has 2 atom stereocenters. The van der Waals surface area contributed by atoms with Gasteiger partial charge in [-0.2, -0.15) is 0 Å². The molecule has 1 aliphatic heterocycles. The minimum Gasteiger partial charge on any atom is -0.378 e. The molecule has 2 aliphatic rings. The smallest absolute Gasteiger partial charge is 0.208 e. The van der Waals surface area contributed by atoms with Gasteiger partial charge in [-0.25, -0.2) is 18.1 Å². The molecule has 4 rings (SSSR count). The molecule has 1 saturated heterocycles. The Balaban J connectivity index is 1.36. The van der Waals surface area contributed by atoms with Crippen LogP contribution in [0.25, 0.3) is 0 Å². The van der Waals surface area contributed by atoms with Crippen LogP contribution < -0.4 is 9.62 Å². The van der Waals surface area contributed by atoms with E-state index in [4.69, 9.17) is 4.74 Å². The van der Waals surface area contributed by atoms with Gasteiger partial charge in [0, 0.05) is 31.2 Å². The van der Waals surface area contributed by atoms with Crippen LogP contribution in [0.5, 0.6) is 0 Å². The van der Waals surface area contributed by atoms with Crippen LogP contribution in [0.1, 0.15) is 49.1 Å². The fourth-order valence-electron chi connectivity index (χ4n) is 5.18. The van der Waals surface area contributed by atoms with Crippen LogP contribution in [0.4, 0.5) is 5.82 Å². The average Bonchev–Trinajstić information content (AvgIpc) is 2.79. The fraction of sp³-hybridized carbons (Fsp3) is 0.560. The molecular weight excluding hydrogens is 422 g/mol. The lowest BCUT2D eigenvalue weighted by molar-refractivity contribution is -0.00214. The zero-order valence-corrected chi connectivity index (χ0v) is 19.9. The molecule has 1 aromatic heterocycles. The molecule has 0 bridgehead atoms. The SMILES string of the molecule is Cc1cccnc1N1CC[C@H](NS(C)(=O)=O)C(COC2CCC(c3ccccc3)CC2)C1. The van der Waals surface area contributed by atoms with E-state index < -0.39 is 10.0 Å². The summed E-state index contributed by atoms with van der Waals surface area (Å²) in [6.07, 6.45) is 8.45. The summed E-state index contributed by atoms with van der Waals surface area (Å²) in [5, 5.41) is 0. The fourth-order valence-corrected chi connectivity index (χ4v) is 6.04. The van der Waals surface area contributed by atoms with Gasteiger partial charge in [-0.15, -0.1) is 0 Å². The summed E-state index contributed by atoms with van der Waals surface area (Å²) in [5.74, 6) is 1.69. The van der Waals surface area contributed by atoms with Gasteiger partial charge in [0.15, 0.2) is 0 Å². The maximum Gasteiger partial charge on any atom is 0.208 e. The van der Waals surface area contributed by atoms with Crippen molar-refractivity contribution >= 4 is 15.8 Å². The van der Waals surface area contributed by atoms with Crippen molar-refractivity contribution in [2.24, 2.45) is 5.92 Å². The van der Waals surface area contributed by atoms with Crippen LogP contribution in [0.15, 0.2) is 48.7 Å². The van der Waals surface area contributed by atoms with E-state index >= 15 is 0 Å². The van der Waals surface area contributed by atoms with E-state index in [0.29, 0.717) is 12.5 Å². The Morgan fingerprint density at radius 3 is 2.50 bits per heavy atom. The summed E-state index contributed by atoms with van der Waals surface area (Å²) in [4.78, 5) is 6.84. The molecule has 1 aromatic carbocycles. The quantitative estimate of drug-likeness (QED) is 0.683. The van der Waals surface area contributed by atoms with E-state index in [-0.39, 0.29) is 18.1 Å². The second-order valence-corrected chi connectivity index (χ2v) is 11.1. The summed E-state index contributed by atoms with van der Waals surface area (Å²) >= 11 is 0. The molecule has 174 valence electrons. The predicted octanol–water partition coefficient (Wildman–Crippen LogP) is 3.88. The third kappa shape index (κ3) is 6.09. The molecule has 2 aromatic rings. The maximum absolute atomic E-state index is 11.9. The van der Waals surface area contributed by atoms with E-state index in [1.165, 1.54) is 11.8 Å². The molecule has 0 spiro atoms. The number of sulfonamides is 1. The minimum atomic E-state index is -3.27. The Hall–Kier alpha value is -1.96. The number of aromatic nitrogens is 1. The molecule has 0 radical (unpaired) electrons. The highest BCUT2D eigenvalue weighted by atomic mass is 32.2. The number of pyridine rings is 1. The largest absolute Gasteiger partial charge is 0.378 e. The number of rotatable bonds is 7. The van der Waals surface area contributed by atoms with Crippen LogP contribution in [0, 0.1) is 12.8 Å². The predicted molar refractivity (Wildman–Crippen MR) is 128 cm³/mol. The number of benzene rings is 1. The number of ether oxygens (including phenoxy) is 1. The first-order valence-corrected chi connectivity index (χ1v) is 13.6. The number of aryl methyl sites for hydroxylation is 1. The lowest BCUT2D eigenvalue weighted by Gasteiger charge is -2.40. The lowest BCUT2D eigenvalue weighted by Crippen LogP contribution is -2.53. The van der Waals surface area contributed by atoms with E-state index in [1.54, 1.807) is 0 Å². The lowest BCUT2D eigenvalue weighted by atomic mass is 9.82. The molecule has 6 nitrogen and oxygen atoms in total. The summed E-state index contributed by atoms with van der Waals surface area (Å²) in [6, 6.07) is 14.7. The summed E-state index contributed by atoms with van der Waals surface area (Å²) in [7, 11) is -3.27. The van der Waals surface area contributed by atoms with Crippen LogP contribution in [0.3, 0.4) is 0 Å². The molecule has 1 N–H and O–H groups in total. The number of hydrogen-bond acceptors (Lipinski definition) is 5. The monoisotopic (exact) mass is 457 g/mol. The number of piperidine rings is 1. The topological polar surface area (TPSA) is 71.5 Å². The van der Waals surface area contributed by atoms with Crippen molar-refractivity contribution < 1.29 is 13.2 Å². The Bertz CT molecular complexity index is 975. The van der Waals surface area contributed by atoms with Gasteiger partial charge in [-0.05, 0) is 62.1 Å². The first-order valence-electron chi connectivity index (χ1n) is 11.7. The van der Waals surface area contributed by atoms with Crippen LogP contribution in [-0.4, -0.2) is 51.5 Å². The Labute approximate surface area is 192 Å². The molecule has 2 heterocycles. The molecule has 0 amide bonds. The number of hydrogen-bond donors (Lipinski definition) is 1. The number of nitrogens with one attached hydrogen (secondary N) is 1. The first kappa shape index (κ1) is 23.2. The average molecular weight is 458 g/mol. The van der Waals surface area contributed by atoms with Gasteiger partial charge in [0.25, 0.3) is 0 Å². The van der Waals surface area contributed by atoms with Gasteiger partial charge in [0.1, 0.15) is 5.82 Å². The van der Waals surface area contributed by atoms with Crippen molar-refractivity contribution in [1.29, 1.82) is 0 Å². The normalized spacial score (nSPS) is 26.8. The summed E-state index contributed by atoms with van der Waals surface area (Å²) in [6.45, 7) is 4.16. The summed E-state index contributed by atoms with van der Waals surface area (Å²) < 4.78 is 33.1. The molecule has 32 heavy (non-hydrogen) atoms. The Kier molecular flexibility index (Phi) is 7.48. The molecule has 2 fully saturated rings. The first-order chi connectivity index (χ1) is 15.4. The van der Waals surface area contributed by atoms with Gasteiger partial charge < -0.3 is 9.64 Å². The van der Waals surface area contributed by atoms with Crippen molar-refractivity contribution in [1.82, 2.24) is 9.71 Å². The van der Waals surface area contributed by atoms with Gasteiger partial charge in [-0.3, -0.25) is 0 Å². The molecule has 1 aliphatic carbocycles. The van der Waals surface area contributed by atoms with Gasteiger partial charge >= 0.3 is 0 Å². The van der Waals surface area contributed by atoms with E-state index in [1.807, 2.05) is 12.3 Å². The Morgan fingerprint density at radius 2 is 1.81 bits per heavy atom. The highest BCUT2D eigenvalue weighted by molar-refractivity contribution is 7.88. The number of nitrogens with zero attached hydrogens (tertiary/aromatic N) is 2. The third-order valence-electron chi connectivity index (χ3n) is 6.87. The van der Waals surface area contributed by atoms with Crippen LogP contribution in [0.2, 0.25) is 0 Å². The highest BCUT2D eigenvalue weighted by Crippen LogP contribution is 2.34. The van der Waals surface area contributed by atoms with Crippen molar-refractivity contribution in [3.05, 3.63) is 59.8 Å². The molecule has 7 heteroatoms. The van der Waals surface area contributed by atoms with Crippen LogP contribution in [-0.2, 0) is 14.8 Å². The second-order valence-electron chi connectivity index (χ2n) is 9.35. The highest BCUT2D eigenvalue weighted by Gasteiger charge is 2.33. The zero-order chi connectivity index (χ0) is 22.6. The Morgan fingerprint density at radius 1 is 1.06 bits per heavy atom. The molecular formula is C25H35N3O3S. The zero-order valence-electron chi connectivity index (χ0n) is 19.1. The second kappa shape index (κ2) is 10.3. The van der Waals surface area contributed by atoms with E-state index in [0.717, 1.165) is 56.6 Å². The van der Waals surface area contributed by atoms with Crippen molar-refractivity contribution in [3.63, 3.8) is 0 Å². The third-order valence-corrected chi connectivity index (χ3v) is 7.60. The standard InChI is InChI=1S/C25H35N3O3S/c1-19-7-6-15-26-25(19)28-16-14-24(27-32(2,29)30)22(17-28)18-31-23-12-10-21(11-13-23)20-8-4-3-5-9-20/h3-9,15,21-24,27H,10-14,16-18H2,1-2H3/t21?,22?,23?,24-/m0/s1. The van der Waals surface area contributed by atoms with Crippen molar-refractivity contribution in [3.8, 4) is 0 Å². The van der Waals surface area contributed by atoms with Gasteiger partial charge in [0.05, 0.1) is 19.0 Å². The van der Waals surface area contributed by atoms with E-state index in [9.17, 15) is 8.42 Å². The summed E-state index contributed by atoms with van der Waals surface area (Å²) in [5.41, 5.74) is 2.57. The van der Waals surface area contributed by atoms with Crippen molar-refractivity contribution in [2.45, 2.75) is 57.1 Å². The van der Waals surface area contributed by atoms with Crippen LogP contribution >= 0.6 is 0 Å².